The zero-order valence-corrected chi connectivity index (χ0v) is 18.7. The van der Waals surface area contributed by atoms with Crippen LogP contribution < -0.4 is 5.73 Å². The van der Waals surface area contributed by atoms with E-state index in [1.54, 1.807) is 4.90 Å². The van der Waals surface area contributed by atoms with Crippen LogP contribution in [0.15, 0.2) is 24.3 Å². The van der Waals surface area contributed by atoms with Crippen LogP contribution in [0.3, 0.4) is 0 Å². The zero-order valence-electron chi connectivity index (χ0n) is 18.7. The summed E-state index contributed by atoms with van der Waals surface area (Å²) in [5.74, 6) is 0.144. The number of carbonyl (C=O) groups excluding carboxylic acids is 2. The van der Waals surface area contributed by atoms with Gasteiger partial charge in [-0.15, -0.1) is 0 Å². The van der Waals surface area contributed by atoms with Crippen molar-refractivity contribution in [3.8, 4) is 6.07 Å². The Kier molecular flexibility index (Phi) is 4.79. The topological polar surface area (TPSA) is 93.7 Å². The quantitative estimate of drug-likeness (QED) is 0.736. The summed E-state index contributed by atoms with van der Waals surface area (Å²) in [6.45, 7) is 1.04. The van der Waals surface area contributed by atoms with E-state index in [1.165, 1.54) is 12.1 Å². The van der Waals surface area contributed by atoms with Crippen LogP contribution in [0.5, 0.6) is 0 Å². The van der Waals surface area contributed by atoms with Crippen LogP contribution in [0.1, 0.15) is 50.5 Å². The minimum atomic E-state index is -0.724. The molecule has 5 fully saturated rings. The van der Waals surface area contributed by atoms with Gasteiger partial charge in [0.1, 0.15) is 11.9 Å². The Balaban J connectivity index is 1.17. The molecule has 33 heavy (non-hydrogen) atoms. The van der Waals surface area contributed by atoms with Crippen LogP contribution in [0.25, 0.3) is 0 Å². The highest BCUT2D eigenvalue weighted by Crippen LogP contribution is 2.50. The molecule has 7 nitrogen and oxygen atoms in total. The Morgan fingerprint density at radius 2 is 1.94 bits per heavy atom. The SMILES string of the molecule is N#C[C@@H]1CC2C[C@@H]2N1C(=O)[C@@H](N)CN1C[C@@H]2C[C@H]1C(=O)N2C1(c2ccc(F)cc2)CCCC1. The molecule has 2 aliphatic carbocycles. The number of hydrogen-bond donors (Lipinski definition) is 1. The van der Waals surface area contributed by atoms with Gasteiger partial charge in [-0.1, -0.05) is 25.0 Å². The average molecular weight is 452 g/mol. The molecule has 1 unspecified atom stereocenters. The van der Waals surface area contributed by atoms with Crippen molar-refractivity contribution in [1.29, 1.82) is 5.26 Å². The second-order valence-electron chi connectivity index (χ2n) is 10.6. The van der Waals surface area contributed by atoms with Crippen molar-refractivity contribution in [1.82, 2.24) is 14.7 Å². The third kappa shape index (κ3) is 3.12. The smallest absolute Gasteiger partial charge is 0.242 e. The first-order valence-corrected chi connectivity index (χ1v) is 12.2. The van der Waals surface area contributed by atoms with Gasteiger partial charge < -0.3 is 15.5 Å². The van der Waals surface area contributed by atoms with Crippen LogP contribution in [-0.2, 0) is 15.1 Å². The van der Waals surface area contributed by atoms with E-state index in [0.29, 0.717) is 19.0 Å². The number of hydrogen-bond acceptors (Lipinski definition) is 5. The maximum Gasteiger partial charge on any atom is 0.242 e. The number of rotatable bonds is 5. The van der Waals surface area contributed by atoms with Crippen molar-refractivity contribution in [3.05, 3.63) is 35.6 Å². The molecular formula is C25H30FN5O2. The van der Waals surface area contributed by atoms with E-state index in [-0.39, 0.29) is 47.3 Å². The number of likely N-dealkylation sites (tertiary alicyclic amines) is 3. The molecule has 8 heteroatoms. The van der Waals surface area contributed by atoms with E-state index in [2.05, 4.69) is 15.9 Å². The molecule has 3 aliphatic heterocycles. The molecule has 3 heterocycles. The fraction of sp³-hybridized carbons (Fsp3) is 0.640. The molecule has 0 radical (unpaired) electrons. The predicted molar refractivity (Wildman–Crippen MR) is 118 cm³/mol. The maximum atomic E-state index is 13.6. The minimum Gasteiger partial charge on any atom is -0.327 e. The van der Waals surface area contributed by atoms with Crippen molar-refractivity contribution in [3.63, 3.8) is 0 Å². The molecule has 3 saturated heterocycles. The van der Waals surface area contributed by atoms with Crippen molar-refractivity contribution in [2.45, 2.75) is 80.7 Å². The molecule has 2 N–H and O–H groups in total. The Morgan fingerprint density at radius 3 is 2.61 bits per heavy atom. The summed E-state index contributed by atoms with van der Waals surface area (Å²) in [4.78, 5) is 32.5. The lowest BCUT2D eigenvalue weighted by molar-refractivity contribution is -0.146. The van der Waals surface area contributed by atoms with Gasteiger partial charge >= 0.3 is 0 Å². The van der Waals surface area contributed by atoms with Gasteiger partial charge in [0.15, 0.2) is 0 Å². The Bertz CT molecular complexity index is 1020. The number of nitrogens with two attached hydrogens (primary N) is 1. The standard InChI is InChI=1S/C25H30FN5O2/c26-17-5-3-16(4-6-17)25(7-1-2-8-25)31-19-11-22(24(31)33)29(13-19)14-20(28)23(32)30-18(12-27)9-15-10-21(15)30/h3-6,15,18-22H,1-2,7-11,13-14,28H2/t15?,18-,19-,20-,21-,22-/m0/s1. The third-order valence-corrected chi connectivity index (χ3v) is 8.80. The van der Waals surface area contributed by atoms with Gasteiger partial charge in [0.25, 0.3) is 0 Å². The molecule has 6 rings (SSSR count). The van der Waals surface area contributed by atoms with Gasteiger partial charge in [-0.25, -0.2) is 4.39 Å². The molecule has 5 aliphatic rings. The number of nitrogens with zero attached hydrogens (tertiary/aromatic N) is 4. The van der Waals surface area contributed by atoms with Crippen molar-refractivity contribution < 1.29 is 14.0 Å². The van der Waals surface area contributed by atoms with Gasteiger partial charge in [0.2, 0.25) is 11.8 Å². The van der Waals surface area contributed by atoms with Gasteiger partial charge in [0, 0.05) is 25.2 Å². The van der Waals surface area contributed by atoms with Crippen molar-refractivity contribution >= 4 is 11.8 Å². The maximum absolute atomic E-state index is 13.6. The monoisotopic (exact) mass is 451 g/mol. The number of piperidine rings is 1. The van der Waals surface area contributed by atoms with Gasteiger partial charge in [-0.05, 0) is 55.7 Å². The fourth-order valence-electron chi connectivity index (χ4n) is 7.23. The van der Waals surface area contributed by atoms with Gasteiger partial charge in [-0.2, -0.15) is 5.26 Å². The number of fused-ring (bicyclic) bond motifs is 3. The molecule has 2 saturated carbocycles. The number of halogens is 1. The second kappa shape index (κ2) is 7.51. The number of amides is 2. The fourth-order valence-corrected chi connectivity index (χ4v) is 7.23. The Labute approximate surface area is 193 Å². The molecule has 1 aromatic carbocycles. The van der Waals surface area contributed by atoms with Crippen LogP contribution in [-0.4, -0.2) is 69.8 Å². The third-order valence-electron chi connectivity index (χ3n) is 8.80. The highest BCUT2D eigenvalue weighted by molar-refractivity contribution is 5.87. The number of piperazine rings is 1. The van der Waals surface area contributed by atoms with Crippen LogP contribution >= 0.6 is 0 Å². The molecular weight excluding hydrogens is 421 g/mol. The summed E-state index contributed by atoms with van der Waals surface area (Å²) in [5.41, 5.74) is 7.01. The van der Waals surface area contributed by atoms with Crippen LogP contribution in [0.4, 0.5) is 4.39 Å². The first kappa shape index (κ1) is 21.1. The summed E-state index contributed by atoms with van der Waals surface area (Å²) < 4.78 is 13.6. The lowest BCUT2D eigenvalue weighted by Gasteiger charge is -2.46. The molecule has 2 bridgehead atoms. The van der Waals surface area contributed by atoms with Crippen molar-refractivity contribution in [2.75, 3.05) is 13.1 Å². The molecule has 2 amide bonds. The predicted octanol–water partition coefficient (Wildman–Crippen LogP) is 1.72. The lowest BCUT2D eigenvalue weighted by atomic mass is 9.85. The Morgan fingerprint density at radius 1 is 1.21 bits per heavy atom. The van der Waals surface area contributed by atoms with Crippen LogP contribution in [0, 0.1) is 23.1 Å². The first-order valence-electron chi connectivity index (χ1n) is 12.2. The highest BCUT2D eigenvalue weighted by Gasteiger charge is 2.58. The normalized spacial score (nSPS) is 35.1. The van der Waals surface area contributed by atoms with Crippen LogP contribution in [0.2, 0.25) is 0 Å². The van der Waals surface area contributed by atoms with E-state index < -0.39 is 6.04 Å². The summed E-state index contributed by atoms with van der Waals surface area (Å²) in [7, 11) is 0. The molecule has 6 atom stereocenters. The minimum absolute atomic E-state index is 0.0828. The van der Waals surface area contributed by atoms with E-state index in [1.807, 2.05) is 12.1 Å². The van der Waals surface area contributed by atoms with E-state index in [9.17, 15) is 19.2 Å². The first-order chi connectivity index (χ1) is 15.9. The lowest BCUT2D eigenvalue weighted by Crippen LogP contribution is -2.60. The summed E-state index contributed by atoms with van der Waals surface area (Å²) in [6, 6.07) is 7.81. The molecule has 174 valence electrons. The van der Waals surface area contributed by atoms with Gasteiger partial charge in [-0.3, -0.25) is 14.5 Å². The number of benzene rings is 1. The largest absolute Gasteiger partial charge is 0.327 e. The summed E-state index contributed by atoms with van der Waals surface area (Å²) in [6.07, 6.45) is 6.39. The van der Waals surface area contributed by atoms with E-state index >= 15 is 0 Å². The summed E-state index contributed by atoms with van der Waals surface area (Å²) in [5, 5.41) is 9.41. The number of nitriles is 1. The second-order valence-corrected chi connectivity index (χ2v) is 10.6. The van der Waals surface area contributed by atoms with Crippen molar-refractivity contribution in [2.24, 2.45) is 11.7 Å². The molecule has 0 aromatic heterocycles. The molecule has 0 spiro atoms. The van der Waals surface area contributed by atoms with Gasteiger partial charge in [0.05, 0.1) is 23.7 Å². The number of carbonyl (C=O) groups is 2. The summed E-state index contributed by atoms with van der Waals surface area (Å²) >= 11 is 0. The zero-order chi connectivity index (χ0) is 22.9. The Hall–Kier alpha value is -2.50. The van der Waals surface area contributed by atoms with E-state index in [0.717, 1.165) is 50.5 Å². The molecule has 1 aromatic rings. The average Bonchev–Trinajstić information content (AvgIpc) is 3.20. The van der Waals surface area contributed by atoms with E-state index in [4.69, 9.17) is 5.73 Å². The highest BCUT2D eigenvalue weighted by atomic mass is 19.1.